The topological polar surface area (TPSA) is 6.48 Å². The molecular weight excluding hydrogens is 705 g/mol. The van der Waals surface area contributed by atoms with Crippen molar-refractivity contribution >= 4 is 68.9 Å². The maximum atomic E-state index is 2.55. The first-order valence-electron chi connectivity index (χ1n) is 20.3. The van der Waals surface area contributed by atoms with Crippen LogP contribution in [-0.2, 0) is 5.41 Å². The summed E-state index contributed by atoms with van der Waals surface area (Å²) >= 11 is 0. The molecule has 0 saturated carbocycles. The maximum Gasteiger partial charge on any atom is 0.0784 e. The molecule has 3 heteroatoms. The molecule has 0 aliphatic heterocycles. The van der Waals surface area contributed by atoms with Crippen molar-refractivity contribution in [3.63, 3.8) is 0 Å². The van der Waals surface area contributed by atoms with E-state index in [0.717, 1.165) is 28.4 Å². The van der Waals surface area contributed by atoms with Crippen LogP contribution in [0.15, 0.2) is 152 Å². The molecule has 0 heterocycles. The number of hydrogen-bond donors (Lipinski definition) is 0. The highest BCUT2D eigenvalue weighted by atomic mass is 28.3. The van der Waals surface area contributed by atoms with Crippen LogP contribution >= 0.6 is 0 Å². The van der Waals surface area contributed by atoms with Gasteiger partial charge in [-0.1, -0.05) is 128 Å². The van der Waals surface area contributed by atoms with Gasteiger partial charge in [0.1, 0.15) is 0 Å². The number of anilines is 6. The summed E-state index contributed by atoms with van der Waals surface area (Å²) in [6, 6.07) is 57.3. The lowest BCUT2D eigenvalue weighted by molar-refractivity contribution is 0.667. The molecule has 9 rings (SSSR count). The second-order valence-corrected chi connectivity index (χ2v) is 22.9. The SMILES string of the molecule is Cc1ccc(N(c2ccc(C)cc2)c2ccc3cc4c(cc3c2)C(C)(C)c2c-4c([Si](C)(C)C)cc3cc(N(c4ccc(C)cc4)c4ccc(C)cc4)ccc23)cc1. The lowest BCUT2D eigenvalue weighted by Gasteiger charge is -2.29. The summed E-state index contributed by atoms with van der Waals surface area (Å²) in [6.07, 6.45) is 0. The van der Waals surface area contributed by atoms with Crippen molar-refractivity contribution in [2.75, 3.05) is 9.80 Å². The summed E-state index contributed by atoms with van der Waals surface area (Å²) in [4.78, 5) is 4.79. The number of fused-ring (bicyclic) bond motifs is 6. The van der Waals surface area contributed by atoms with E-state index in [4.69, 9.17) is 0 Å². The Balaban J connectivity index is 1.21. The quantitative estimate of drug-likeness (QED) is 0.149. The van der Waals surface area contributed by atoms with Gasteiger partial charge in [-0.25, -0.2) is 0 Å². The van der Waals surface area contributed by atoms with Gasteiger partial charge in [0, 0.05) is 39.5 Å². The normalized spacial score (nSPS) is 13.1. The highest BCUT2D eigenvalue weighted by Crippen LogP contribution is 2.53. The predicted molar refractivity (Wildman–Crippen MR) is 250 cm³/mol. The average molecular weight is 757 g/mol. The molecule has 1 aliphatic carbocycles. The summed E-state index contributed by atoms with van der Waals surface area (Å²) in [6.45, 7) is 21.0. The van der Waals surface area contributed by atoms with Crippen molar-refractivity contribution < 1.29 is 0 Å². The van der Waals surface area contributed by atoms with E-state index < -0.39 is 8.07 Å². The van der Waals surface area contributed by atoms with Crippen molar-refractivity contribution in [2.24, 2.45) is 0 Å². The molecule has 282 valence electrons. The van der Waals surface area contributed by atoms with E-state index in [0.29, 0.717) is 0 Å². The first-order chi connectivity index (χ1) is 27.3. The van der Waals surface area contributed by atoms with Gasteiger partial charge in [-0.15, -0.1) is 0 Å². The largest absolute Gasteiger partial charge is 0.310 e. The third-order valence-corrected chi connectivity index (χ3v) is 14.2. The van der Waals surface area contributed by atoms with E-state index >= 15 is 0 Å². The fourth-order valence-corrected chi connectivity index (χ4v) is 10.6. The average Bonchev–Trinajstić information content (AvgIpc) is 3.41. The summed E-state index contributed by atoms with van der Waals surface area (Å²) in [5.74, 6) is 0. The van der Waals surface area contributed by atoms with E-state index in [9.17, 15) is 0 Å². The molecule has 57 heavy (non-hydrogen) atoms. The van der Waals surface area contributed by atoms with Crippen molar-refractivity contribution in [3.8, 4) is 11.1 Å². The number of nitrogens with zero attached hydrogens (tertiary/aromatic N) is 2. The molecule has 0 saturated heterocycles. The van der Waals surface area contributed by atoms with Gasteiger partial charge >= 0.3 is 0 Å². The van der Waals surface area contributed by atoms with Gasteiger partial charge in [0.2, 0.25) is 0 Å². The van der Waals surface area contributed by atoms with Gasteiger partial charge in [0.05, 0.1) is 8.07 Å². The molecule has 0 fully saturated rings. The molecule has 8 aromatic rings. The van der Waals surface area contributed by atoms with E-state index in [2.05, 4.69) is 223 Å². The van der Waals surface area contributed by atoms with Gasteiger partial charge in [0.15, 0.2) is 0 Å². The minimum Gasteiger partial charge on any atom is -0.310 e. The number of benzene rings is 8. The monoisotopic (exact) mass is 756 g/mol. The van der Waals surface area contributed by atoms with Crippen LogP contribution in [0.4, 0.5) is 34.1 Å². The summed E-state index contributed by atoms with van der Waals surface area (Å²) in [5.41, 5.74) is 17.6. The third kappa shape index (κ3) is 6.44. The summed E-state index contributed by atoms with van der Waals surface area (Å²) in [5, 5.41) is 6.74. The number of rotatable bonds is 7. The zero-order valence-electron chi connectivity index (χ0n) is 34.8. The van der Waals surface area contributed by atoms with E-state index in [1.54, 1.807) is 0 Å². The molecule has 8 aromatic carbocycles. The molecule has 0 N–H and O–H groups in total. The van der Waals surface area contributed by atoms with Crippen molar-refractivity contribution in [1.82, 2.24) is 0 Å². The second kappa shape index (κ2) is 13.6. The van der Waals surface area contributed by atoms with Crippen molar-refractivity contribution in [2.45, 2.75) is 66.6 Å². The van der Waals surface area contributed by atoms with Gasteiger partial charge < -0.3 is 9.80 Å². The smallest absolute Gasteiger partial charge is 0.0784 e. The molecule has 0 spiro atoms. The van der Waals surface area contributed by atoms with Crippen LogP contribution in [0.2, 0.25) is 19.6 Å². The Morgan fingerprint density at radius 3 is 1.25 bits per heavy atom. The summed E-state index contributed by atoms with van der Waals surface area (Å²) in [7, 11) is -1.82. The van der Waals surface area contributed by atoms with Crippen LogP contribution in [0, 0.1) is 27.7 Å². The Bertz CT molecular complexity index is 2720. The lowest BCUT2D eigenvalue weighted by atomic mass is 9.79. The first-order valence-corrected chi connectivity index (χ1v) is 23.8. The van der Waals surface area contributed by atoms with Gasteiger partial charge in [-0.3, -0.25) is 0 Å². The molecule has 1 aliphatic rings. The first kappa shape index (κ1) is 36.7. The van der Waals surface area contributed by atoms with Crippen LogP contribution < -0.4 is 15.0 Å². The van der Waals surface area contributed by atoms with E-state index in [1.165, 1.54) is 76.9 Å². The van der Waals surface area contributed by atoms with Crippen LogP contribution in [-0.4, -0.2) is 8.07 Å². The molecule has 0 unspecified atom stereocenters. The van der Waals surface area contributed by atoms with E-state index in [-0.39, 0.29) is 5.41 Å². The highest BCUT2D eigenvalue weighted by molar-refractivity contribution is 6.90. The second-order valence-electron chi connectivity index (χ2n) is 17.9. The van der Waals surface area contributed by atoms with Gasteiger partial charge in [0.25, 0.3) is 0 Å². The Morgan fingerprint density at radius 2 is 0.807 bits per heavy atom. The fraction of sp³-hybridized carbons (Fsp3) is 0.185. The lowest BCUT2D eigenvalue weighted by Crippen LogP contribution is -2.39. The molecular formula is C54H52N2Si. The van der Waals surface area contributed by atoms with Crippen LogP contribution in [0.5, 0.6) is 0 Å². The minimum atomic E-state index is -1.82. The molecule has 0 radical (unpaired) electrons. The Hall–Kier alpha value is -5.90. The van der Waals surface area contributed by atoms with Crippen LogP contribution in [0.1, 0.15) is 47.2 Å². The van der Waals surface area contributed by atoms with Crippen LogP contribution in [0.3, 0.4) is 0 Å². The molecule has 0 aromatic heterocycles. The van der Waals surface area contributed by atoms with Gasteiger partial charge in [-0.05, 0) is 156 Å². The molecule has 0 bridgehead atoms. The number of aryl methyl sites for hydroxylation is 4. The summed E-state index contributed by atoms with van der Waals surface area (Å²) < 4.78 is 0. The molecule has 0 amide bonds. The highest BCUT2D eigenvalue weighted by Gasteiger charge is 2.41. The van der Waals surface area contributed by atoms with Crippen molar-refractivity contribution in [1.29, 1.82) is 0 Å². The third-order valence-electron chi connectivity index (χ3n) is 12.1. The number of hydrogen-bond acceptors (Lipinski definition) is 2. The Labute approximate surface area is 340 Å². The zero-order valence-corrected chi connectivity index (χ0v) is 35.8. The predicted octanol–water partition coefficient (Wildman–Crippen LogP) is 15.0. The molecule has 2 nitrogen and oxygen atoms in total. The van der Waals surface area contributed by atoms with Crippen molar-refractivity contribution in [3.05, 3.63) is 185 Å². The van der Waals surface area contributed by atoms with E-state index in [1.807, 2.05) is 0 Å². The van der Waals surface area contributed by atoms with Gasteiger partial charge in [-0.2, -0.15) is 0 Å². The Kier molecular flexibility index (Phi) is 8.79. The van der Waals surface area contributed by atoms with Crippen LogP contribution in [0.25, 0.3) is 32.7 Å². The minimum absolute atomic E-state index is 0.189. The standard InChI is InChI=1S/C54H52N2Si/c1-35-10-19-42(20-11-35)55(43-21-12-36(2)13-22-43)46-27-18-39-32-49-50(33-40(39)30-46)54(5,6)53-48-29-28-47(31-41(48)34-51(52(49)53)57(7,8)9)56(44-23-14-37(3)15-24-44)45-25-16-38(4)17-26-45/h10-34H,1-9H3. The Morgan fingerprint density at radius 1 is 0.404 bits per heavy atom. The molecule has 0 atom stereocenters. The fourth-order valence-electron chi connectivity index (χ4n) is 9.01. The zero-order chi connectivity index (χ0) is 39.8. The maximum absolute atomic E-state index is 2.55.